The Bertz CT molecular complexity index is 1060. The van der Waals surface area contributed by atoms with Gasteiger partial charge in [-0.05, 0) is 36.2 Å². The van der Waals surface area contributed by atoms with Crippen LogP contribution in [-0.2, 0) is 6.42 Å². The molecule has 0 aliphatic carbocycles. The van der Waals surface area contributed by atoms with Gasteiger partial charge >= 0.3 is 0 Å². The smallest absolute Gasteiger partial charge is 0.142 e. The molecule has 0 atom stereocenters. The molecule has 26 heavy (non-hydrogen) atoms. The van der Waals surface area contributed by atoms with E-state index in [1.807, 2.05) is 18.2 Å². The summed E-state index contributed by atoms with van der Waals surface area (Å²) in [5.41, 5.74) is 4.24. The van der Waals surface area contributed by atoms with Crippen LogP contribution in [0.25, 0.3) is 22.3 Å². The SMILES string of the molecule is CCc1ccccc1Sc1ncnc2[nH]c(-c3cccc(OC)c3)cc12. The lowest BCUT2D eigenvalue weighted by molar-refractivity contribution is 0.415. The highest BCUT2D eigenvalue weighted by Crippen LogP contribution is 2.35. The van der Waals surface area contributed by atoms with Crippen molar-refractivity contribution < 1.29 is 4.74 Å². The second-order valence-corrected chi connectivity index (χ2v) is 6.95. The number of benzene rings is 2. The van der Waals surface area contributed by atoms with Crippen LogP contribution in [0.4, 0.5) is 0 Å². The monoisotopic (exact) mass is 361 g/mol. The highest BCUT2D eigenvalue weighted by Gasteiger charge is 2.12. The van der Waals surface area contributed by atoms with E-state index in [4.69, 9.17) is 4.74 Å². The van der Waals surface area contributed by atoms with E-state index in [2.05, 4.69) is 58.3 Å². The number of aromatic nitrogens is 3. The fourth-order valence-corrected chi connectivity index (χ4v) is 4.01. The predicted molar refractivity (Wildman–Crippen MR) is 106 cm³/mol. The van der Waals surface area contributed by atoms with E-state index < -0.39 is 0 Å². The molecule has 1 N–H and O–H groups in total. The van der Waals surface area contributed by atoms with Gasteiger partial charge in [-0.1, -0.05) is 49.0 Å². The number of nitrogens with one attached hydrogen (secondary N) is 1. The molecule has 2 aromatic heterocycles. The molecular formula is C21H19N3OS. The molecule has 0 fully saturated rings. The van der Waals surface area contributed by atoms with Crippen LogP contribution in [0.2, 0.25) is 0 Å². The second-order valence-electron chi connectivity index (χ2n) is 5.92. The number of fused-ring (bicyclic) bond motifs is 1. The largest absolute Gasteiger partial charge is 0.497 e. The van der Waals surface area contributed by atoms with Gasteiger partial charge in [0.1, 0.15) is 22.7 Å². The summed E-state index contributed by atoms with van der Waals surface area (Å²) in [5.74, 6) is 0.832. The summed E-state index contributed by atoms with van der Waals surface area (Å²) in [5, 5.41) is 1.99. The topological polar surface area (TPSA) is 50.8 Å². The predicted octanol–water partition coefficient (Wildman–Crippen LogP) is 5.35. The van der Waals surface area contributed by atoms with Crippen LogP contribution in [0, 0.1) is 0 Å². The van der Waals surface area contributed by atoms with E-state index in [0.717, 1.165) is 39.5 Å². The fourth-order valence-electron chi connectivity index (χ4n) is 2.94. The van der Waals surface area contributed by atoms with Gasteiger partial charge in [0.05, 0.1) is 12.5 Å². The van der Waals surface area contributed by atoms with Gasteiger partial charge in [0.2, 0.25) is 0 Å². The normalized spacial score (nSPS) is 11.0. The highest BCUT2D eigenvalue weighted by molar-refractivity contribution is 7.99. The van der Waals surface area contributed by atoms with E-state index in [1.165, 1.54) is 10.5 Å². The van der Waals surface area contributed by atoms with Crippen molar-refractivity contribution in [3.05, 3.63) is 66.5 Å². The molecule has 4 nitrogen and oxygen atoms in total. The lowest BCUT2D eigenvalue weighted by atomic mass is 10.1. The minimum atomic E-state index is 0.832. The summed E-state index contributed by atoms with van der Waals surface area (Å²) < 4.78 is 5.33. The van der Waals surface area contributed by atoms with Crippen molar-refractivity contribution in [2.45, 2.75) is 23.3 Å². The molecule has 0 unspecified atom stereocenters. The Hall–Kier alpha value is -2.79. The number of rotatable bonds is 5. The Kier molecular flexibility index (Phi) is 4.63. The number of nitrogens with zero attached hydrogens (tertiary/aromatic N) is 2. The number of aromatic amines is 1. The van der Waals surface area contributed by atoms with Crippen LogP contribution in [0.15, 0.2) is 70.8 Å². The standard InChI is InChI=1S/C21H19N3OS/c1-3-14-7-4-5-10-19(14)26-21-17-12-18(24-20(17)22-13-23-21)15-8-6-9-16(11-15)25-2/h4-13H,3H2,1-2H3,(H,22,23,24). The molecule has 0 aliphatic rings. The van der Waals surface area contributed by atoms with Crippen LogP contribution in [0.1, 0.15) is 12.5 Å². The first-order valence-corrected chi connectivity index (χ1v) is 9.34. The summed E-state index contributed by atoms with van der Waals surface area (Å²) in [6.07, 6.45) is 2.62. The molecule has 0 saturated heterocycles. The Morgan fingerprint density at radius 3 is 2.77 bits per heavy atom. The van der Waals surface area contributed by atoms with E-state index >= 15 is 0 Å². The van der Waals surface area contributed by atoms with Crippen molar-refractivity contribution in [1.82, 2.24) is 15.0 Å². The van der Waals surface area contributed by atoms with Crippen LogP contribution >= 0.6 is 11.8 Å². The summed E-state index contributed by atoms with van der Waals surface area (Å²) in [7, 11) is 1.68. The van der Waals surface area contributed by atoms with Gasteiger partial charge in [-0.15, -0.1) is 0 Å². The molecular weight excluding hydrogens is 342 g/mol. The van der Waals surface area contributed by atoms with Gasteiger partial charge < -0.3 is 9.72 Å². The van der Waals surface area contributed by atoms with Crippen molar-refractivity contribution >= 4 is 22.8 Å². The number of hydrogen-bond acceptors (Lipinski definition) is 4. The van der Waals surface area contributed by atoms with Crippen LogP contribution in [0.5, 0.6) is 5.75 Å². The number of hydrogen-bond donors (Lipinski definition) is 1. The molecule has 0 radical (unpaired) electrons. The third kappa shape index (κ3) is 3.18. The zero-order valence-corrected chi connectivity index (χ0v) is 15.5. The van der Waals surface area contributed by atoms with Crippen LogP contribution < -0.4 is 4.74 Å². The Labute approximate surface area is 156 Å². The molecule has 2 heterocycles. The molecule has 4 aromatic rings. The van der Waals surface area contributed by atoms with Crippen LogP contribution in [-0.4, -0.2) is 22.1 Å². The average molecular weight is 361 g/mol. The lowest BCUT2D eigenvalue weighted by Crippen LogP contribution is -1.88. The second kappa shape index (κ2) is 7.22. The van der Waals surface area contributed by atoms with Crippen molar-refractivity contribution in [2.24, 2.45) is 0 Å². The van der Waals surface area contributed by atoms with Crippen molar-refractivity contribution in [3.8, 4) is 17.0 Å². The maximum absolute atomic E-state index is 5.33. The fraction of sp³-hybridized carbons (Fsp3) is 0.143. The minimum Gasteiger partial charge on any atom is -0.497 e. The molecule has 2 aromatic carbocycles. The highest BCUT2D eigenvalue weighted by atomic mass is 32.2. The molecule has 130 valence electrons. The third-order valence-corrected chi connectivity index (χ3v) is 5.47. The number of aryl methyl sites for hydroxylation is 1. The zero-order valence-electron chi connectivity index (χ0n) is 14.7. The van der Waals surface area contributed by atoms with E-state index in [-0.39, 0.29) is 0 Å². The molecule has 0 amide bonds. The van der Waals surface area contributed by atoms with Crippen LogP contribution in [0.3, 0.4) is 0 Å². The maximum Gasteiger partial charge on any atom is 0.142 e. The number of ether oxygens (including phenoxy) is 1. The summed E-state index contributed by atoms with van der Waals surface area (Å²) in [6, 6.07) is 18.6. The molecule has 4 rings (SSSR count). The Morgan fingerprint density at radius 2 is 1.92 bits per heavy atom. The quantitative estimate of drug-likeness (QED) is 0.487. The van der Waals surface area contributed by atoms with Crippen molar-refractivity contribution in [3.63, 3.8) is 0 Å². The summed E-state index contributed by atoms with van der Waals surface area (Å²) in [6.45, 7) is 2.17. The van der Waals surface area contributed by atoms with E-state index in [1.54, 1.807) is 25.2 Å². The lowest BCUT2D eigenvalue weighted by Gasteiger charge is -2.06. The first kappa shape index (κ1) is 16.7. The first-order chi connectivity index (χ1) is 12.8. The average Bonchev–Trinajstić information content (AvgIpc) is 3.14. The number of H-pyrrole nitrogens is 1. The maximum atomic E-state index is 5.33. The van der Waals surface area contributed by atoms with Gasteiger partial charge in [0.15, 0.2) is 0 Å². The van der Waals surface area contributed by atoms with Crippen molar-refractivity contribution in [2.75, 3.05) is 7.11 Å². The Morgan fingerprint density at radius 1 is 1.04 bits per heavy atom. The minimum absolute atomic E-state index is 0.832. The molecule has 0 bridgehead atoms. The number of methoxy groups -OCH3 is 1. The molecule has 0 saturated carbocycles. The van der Waals surface area contributed by atoms with Crippen molar-refractivity contribution in [1.29, 1.82) is 0 Å². The van der Waals surface area contributed by atoms with E-state index in [9.17, 15) is 0 Å². The zero-order chi connectivity index (χ0) is 17.9. The first-order valence-electron chi connectivity index (χ1n) is 8.52. The summed E-state index contributed by atoms with van der Waals surface area (Å²) >= 11 is 1.69. The van der Waals surface area contributed by atoms with Gasteiger partial charge in [-0.2, -0.15) is 0 Å². The molecule has 5 heteroatoms. The van der Waals surface area contributed by atoms with Gasteiger partial charge in [-0.25, -0.2) is 9.97 Å². The van der Waals surface area contributed by atoms with E-state index in [0.29, 0.717) is 0 Å². The third-order valence-electron chi connectivity index (χ3n) is 4.33. The Balaban J connectivity index is 1.76. The van der Waals surface area contributed by atoms with Gasteiger partial charge in [0.25, 0.3) is 0 Å². The summed E-state index contributed by atoms with van der Waals surface area (Å²) in [4.78, 5) is 13.6. The van der Waals surface area contributed by atoms with Gasteiger partial charge in [0, 0.05) is 16.2 Å². The van der Waals surface area contributed by atoms with Gasteiger partial charge in [-0.3, -0.25) is 0 Å². The molecule has 0 aliphatic heterocycles. The molecule has 0 spiro atoms.